The van der Waals surface area contributed by atoms with E-state index >= 15 is 0 Å². The quantitative estimate of drug-likeness (QED) is 0.552. The minimum Gasteiger partial charge on any atom is -0.378 e. The number of hydrogen-bond acceptors (Lipinski definition) is 8. The fraction of sp³-hybridized carbons (Fsp3) is 0.333. The maximum absolute atomic E-state index is 13.0. The lowest BCUT2D eigenvalue weighted by atomic mass is 10.2. The number of nitrogens with one attached hydrogen (secondary N) is 2. The summed E-state index contributed by atoms with van der Waals surface area (Å²) >= 11 is 0. The van der Waals surface area contributed by atoms with Crippen molar-refractivity contribution in [3.8, 4) is 11.4 Å². The van der Waals surface area contributed by atoms with Crippen LogP contribution < -0.4 is 15.5 Å². The number of carbonyl (C=O) groups is 1. The van der Waals surface area contributed by atoms with Crippen LogP contribution in [0.3, 0.4) is 0 Å². The number of aromatic nitrogens is 4. The zero-order valence-corrected chi connectivity index (χ0v) is 19.2. The molecule has 0 radical (unpaired) electrons. The number of sulfone groups is 1. The van der Waals surface area contributed by atoms with Gasteiger partial charge in [-0.25, -0.2) is 28.2 Å². The molecule has 2 N–H and O–H groups in total. The van der Waals surface area contributed by atoms with Crippen molar-refractivity contribution < 1.29 is 17.9 Å². The van der Waals surface area contributed by atoms with Gasteiger partial charge in [-0.2, -0.15) is 0 Å². The van der Waals surface area contributed by atoms with E-state index in [9.17, 15) is 13.2 Å². The van der Waals surface area contributed by atoms with Gasteiger partial charge in [-0.3, -0.25) is 0 Å². The van der Waals surface area contributed by atoms with Crippen LogP contribution in [-0.2, 0) is 27.4 Å². The molecule has 0 aliphatic carbocycles. The number of morpholine rings is 1. The third-order valence-corrected chi connectivity index (χ3v) is 6.75. The molecule has 11 nitrogen and oxygen atoms in total. The highest BCUT2D eigenvalue weighted by Crippen LogP contribution is 2.24. The van der Waals surface area contributed by atoms with Gasteiger partial charge in [-0.15, -0.1) is 0 Å². The maximum atomic E-state index is 13.0. The Morgan fingerprint density at radius 1 is 1.15 bits per heavy atom. The van der Waals surface area contributed by atoms with Gasteiger partial charge >= 0.3 is 6.03 Å². The lowest BCUT2D eigenvalue weighted by Gasteiger charge is -2.28. The number of urea groups is 1. The fourth-order valence-electron chi connectivity index (χ4n) is 3.45. The largest absolute Gasteiger partial charge is 0.378 e. The van der Waals surface area contributed by atoms with E-state index in [0.29, 0.717) is 54.9 Å². The number of benzene rings is 1. The Morgan fingerprint density at radius 3 is 2.52 bits per heavy atom. The van der Waals surface area contributed by atoms with Crippen LogP contribution >= 0.6 is 0 Å². The Kier molecular flexibility index (Phi) is 6.56. The smallest absolute Gasteiger partial charge is 0.318 e. The van der Waals surface area contributed by atoms with Gasteiger partial charge in [0.25, 0.3) is 0 Å². The van der Waals surface area contributed by atoms with Gasteiger partial charge in [0.05, 0.1) is 18.9 Å². The van der Waals surface area contributed by atoms with Crippen LogP contribution in [0.4, 0.5) is 16.3 Å². The van der Waals surface area contributed by atoms with Gasteiger partial charge in [0, 0.05) is 56.9 Å². The topological polar surface area (TPSA) is 131 Å². The number of ether oxygens (including phenoxy) is 1. The second kappa shape index (κ2) is 9.55. The second-order valence-corrected chi connectivity index (χ2v) is 9.39. The molecule has 1 aliphatic heterocycles. The summed E-state index contributed by atoms with van der Waals surface area (Å²) in [5.74, 6) is 0.734. The van der Waals surface area contributed by atoms with Crippen LogP contribution in [0.2, 0.25) is 0 Å². The summed E-state index contributed by atoms with van der Waals surface area (Å²) in [7, 11) is -0.532. The Morgan fingerprint density at radius 2 is 1.88 bits per heavy atom. The SMILES string of the molecule is CNC(=O)Nc1ccc(-c2nc(CS(=O)(=O)c3nccn3C)cc(N3CCOCC3)n2)cc1. The van der Waals surface area contributed by atoms with Crippen molar-refractivity contribution in [2.45, 2.75) is 10.9 Å². The lowest BCUT2D eigenvalue weighted by molar-refractivity contribution is 0.122. The normalized spacial score (nSPS) is 14.2. The Balaban J connectivity index is 1.69. The van der Waals surface area contributed by atoms with Gasteiger partial charge in [0.15, 0.2) is 5.82 Å². The molecule has 1 aromatic carbocycles. The lowest BCUT2D eigenvalue weighted by Crippen LogP contribution is -2.37. The van der Waals surface area contributed by atoms with Crippen molar-refractivity contribution in [1.82, 2.24) is 24.8 Å². The van der Waals surface area contributed by atoms with Crippen LogP contribution in [0.5, 0.6) is 0 Å². The fourth-order valence-corrected chi connectivity index (χ4v) is 4.84. The van der Waals surface area contributed by atoms with E-state index in [1.54, 1.807) is 43.6 Å². The summed E-state index contributed by atoms with van der Waals surface area (Å²) in [5.41, 5.74) is 1.68. The molecule has 12 heteroatoms. The second-order valence-electron chi connectivity index (χ2n) is 7.50. The average molecular weight is 472 g/mol. The number of rotatable bonds is 6. The van der Waals surface area contributed by atoms with Crippen molar-refractivity contribution in [3.05, 3.63) is 48.4 Å². The molecule has 3 aromatic rings. The van der Waals surface area contributed by atoms with E-state index in [1.807, 2.05) is 4.90 Å². The molecule has 2 aromatic heterocycles. The zero-order chi connectivity index (χ0) is 23.4. The number of aryl methyl sites for hydroxylation is 1. The van der Waals surface area contributed by atoms with Crippen LogP contribution in [0.1, 0.15) is 5.69 Å². The van der Waals surface area contributed by atoms with Crippen molar-refractivity contribution in [1.29, 1.82) is 0 Å². The first kappa shape index (κ1) is 22.7. The van der Waals surface area contributed by atoms with Crippen LogP contribution in [-0.4, -0.2) is 67.3 Å². The standard InChI is InChI=1S/C21H25N7O4S/c1-22-20(29)25-16-5-3-15(4-6-16)19-24-17(13-18(26-19)28-9-11-32-12-10-28)14-33(30,31)21-23-7-8-27(21)2/h3-8,13H,9-12,14H2,1-2H3,(H2,22,25,29). The van der Waals surface area contributed by atoms with Gasteiger partial charge in [0.2, 0.25) is 15.0 Å². The van der Waals surface area contributed by atoms with E-state index in [0.717, 1.165) is 0 Å². The minimum atomic E-state index is -3.71. The highest BCUT2D eigenvalue weighted by molar-refractivity contribution is 7.90. The number of amides is 2. The van der Waals surface area contributed by atoms with E-state index in [2.05, 4.69) is 25.6 Å². The molecule has 0 atom stereocenters. The van der Waals surface area contributed by atoms with E-state index < -0.39 is 9.84 Å². The van der Waals surface area contributed by atoms with E-state index in [4.69, 9.17) is 4.74 Å². The highest BCUT2D eigenvalue weighted by atomic mass is 32.2. The van der Waals surface area contributed by atoms with Crippen LogP contribution in [0.25, 0.3) is 11.4 Å². The number of anilines is 2. The molecule has 174 valence electrons. The summed E-state index contributed by atoms with van der Waals surface area (Å²) in [6, 6.07) is 8.41. The van der Waals surface area contributed by atoms with Crippen LogP contribution in [0.15, 0.2) is 47.9 Å². The third kappa shape index (κ3) is 5.29. The summed E-state index contributed by atoms with van der Waals surface area (Å²) in [6.45, 7) is 2.44. The summed E-state index contributed by atoms with van der Waals surface area (Å²) in [4.78, 5) is 26.8. The monoisotopic (exact) mass is 471 g/mol. The Bertz CT molecular complexity index is 1240. The highest BCUT2D eigenvalue weighted by Gasteiger charge is 2.23. The zero-order valence-electron chi connectivity index (χ0n) is 18.4. The molecule has 0 bridgehead atoms. The van der Waals surface area contributed by atoms with E-state index in [1.165, 1.54) is 17.8 Å². The summed E-state index contributed by atoms with van der Waals surface area (Å²) in [6.07, 6.45) is 3.04. The molecule has 1 aliphatic rings. The predicted molar refractivity (Wildman–Crippen MR) is 123 cm³/mol. The number of imidazole rings is 1. The first-order chi connectivity index (χ1) is 15.9. The molecule has 0 saturated carbocycles. The molecule has 1 fully saturated rings. The molecule has 0 unspecified atom stereocenters. The third-order valence-electron chi connectivity index (χ3n) is 5.12. The van der Waals surface area contributed by atoms with Crippen LogP contribution in [0, 0.1) is 0 Å². The van der Waals surface area contributed by atoms with Crippen molar-refractivity contribution in [3.63, 3.8) is 0 Å². The molecular formula is C21H25N7O4S. The molecule has 33 heavy (non-hydrogen) atoms. The Hall–Kier alpha value is -3.51. The summed E-state index contributed by atoms with van der Waals surface area (Å²) in [5, 5.41) is 5.18. The molecule has 2 amide bonds. The average Bonchev–Trinajstić information content (AvgIpc) is 3.26. The van der Waals surface area contributed by atoms with Gasteiger partial charge in [-0.1, -0.05) is 0 Å². The number of hydrogen-bond donors (Lipinski definition) is 2. The molecule has 3 heterocycles. The van der Waals surface area contributed by atoms with E-state index in [-0.39, 0.29) is 16.9 Å². The molecule has 4 rings (SSSR count). The minimum absolute atomic E-state index is 0.0137. The van der Waals surface area contributed by atoms with Gasteiger partial charge in [-0.05, 0) is 24.3 Å². The van der Waals surface area contributed by atoms with Gasteiger partial charge in [0.1, 0.15) is 11.6 Å². The van der Waals surface area contributed by atoms with Crippen molar-refractivity contribution >= 4 is 27.4 Å². The first-order valence-electron chi connectivity index (χ1n) is 10.4. The predicted octanol–water partition coefficient (Wildman–Crippen LogP) is 1.44. The molecule has 0 spiro atoms. The van der Waals surface area contributed by atoms with Crippen molar-refractivity contribution in [2.75, 3.05) is 43.6 Å². The summed E-state index contributed by atoms with van der Waals surface area (Å²) < 4.78 is 32.8. The van der Waals surface area contributed by atoms with Gasteiger partial charge < -0.3 is 24.8 Å². The Labute approximate surface area is 191 Å². The first-order valence-corrected chi connectivity index (χ1v) is 12.0. The number of carbonyl (C=O) groups excluding carboxylic acids is 1. The maximum Gasteiger partial charge on any atom is 0.318 e. The molecular weight excluding hydrogens is 446 g/mol. The molecule has 1 saturated heterocycles. The van der Waals surface area contributed by atoms with Crippen molar-refractivity contribution in [2.24, 2.45) is 7.05 Å². The number of nitrogens with zero attached hydrogens (tertiary/aromatic N) is 5.